The molecule has 3 nitrogen and oxygen atoms in total. The maximum absolute atomic E-state index is 6.25. The lowest BCUT2D eigenvalue weighted by atomic mass is 10.1. The van der Waals surface area contributed by atoms with Crippen LogP contribution in [0.2, 0.25) is 0 Å². The predicted molar refractivity (Wildman–Crippen MR) is 97.5 cm³/mol. The summed E-state index contributed by atoms with van der Waals surface area (Å²) in [4.78, 5) is 6.25. The van der Waals surface area contributed by atoms with Gasteiger partial charge in [-0.1, -0.05) is 57.2 Å². The van der Waals surface area contributed by atoms with Crippen molar-refractivity contribution >= 4 is 0 Å². The van der Waals surface area contributed by atoms with Crippen LogP contribution in [0.5, 0.6) is 5.75 Å². The fourth-order valence-electron chi connectivity index (χ4n) is 2.74. The highest BCUT2D eigenvalue weighted by molar-refractivity contribution is 5.20. The van der Waals surface area contributed by atoms with Gasteiger partial charge >= 0.3 is 0 Å². The van der Waals surface area contributed by atoms with Gasteiger partial charge in [-0.15, -0.1) is 4.65 Å². The molecule has 0 fully saturated rings. The quantitative estimate of drug-likeness (QED) is 0.266. The summed E-state index contributed by atoms with van der Waals surface area (Å²) in [5.74, 6) is 0.939. The van der Waals surface area contributed by atoms with Gasteiger partial charge < -0.3 is 9.57 Å². The Morgan fingerprint density at radius 3 is 2.13 bits per heavy atom. The molecule has 1 atom stereocenters. The fourth-order valence-corrected chi connectivity index (χ4v) is 2.74. The number of hydrogen-bond donors (Lipinski definition) is 0. The second-order valence-corrected chi connectivity index (χ2v) is 6.47. The van der Waals surface area contributed by atoms with E-state index in [4.69, 9.17) is 9.57 Å². The summed E-state index contributed by atoms with van der Waals surface area (Å²) in [7, 11) is 2.17. The van der Waals surface area contributed by atoms with Crippen LogP contribution in [0.25, 0.3) is 0 Å². The maximum atomic E-state index is 6.25. The molecular weight excluding hydrogens is 286 g/mol. The molecule has 1 aromatic carbocycles. The first kappa shape index (κ1) is 20.0. The summed E-state index contributed by atoms with van der Waals surface area (Å²) >= 11 is 0. The highest BCUT2D eigenvalue weighted by Gasteiger charge is 2.24. The Labute approximate surface area is 143 Å². The van der Waals surface area contributed by atoms with Crippen LogP contribution < -0.4 is 4.84 Å². The third kappa shape index (κ3) is 9.62. The summed E-state index contributed by atoms with van der Waals surface area (Å²) in [6.07, 6.45) is 9.29. The number of quaternary nitrogens is 1. The molecule has 1 rings (SSSR count). The molecule has 23 heavy (non-hydrogen) atoms. The number of rotatable bonds is 14. The van der Waals surface area contributed by atoms with Crippen LogP contribution in [-0.2, 0) is 4.74 Å². The first-order valence-electron chi connectivity index (χ1n) is 9.37. The largest absolute Gasteiger partial charge is 0.376 e. The lowest BCUT2D eigenvalue weighted by molar-refractivity contribution is -1.06. The monoisotopic (exact) mass is 322 g/mol. The molecule has 0 N–H and O–H groups in total. The molecule has 3 heteroatoms. The van der Waals surface area contributed by atoms with Crippen molar-refractivity contribution in [3.63, 3.8) is 0 Å². The van der Waals surface area contributed by atoms with Gasteiger partial charge in [-0.25, -0.2) is 0 Å². The average molecular weight is 323 g/mol. The van der Waals surface area contributed by atoms with Gasteiger partial charge in [-0.05, 0) is 25.5 Å². The van der Waals surface area contributed by atoms with E-state index >= 15 is 0 Å². The standard InChI is InChI=1S/C20H36NO2/c1-4-6-7-8-9-10-14-17-21(3,18-19-22-5-2)23-20-15-12-11-13-16-20/h11-13,15-16H,4-10,14,17-19H2,1-3H3/q+1. The molecule has 0 radical (unpaired) electrons. The van der Waals surface area contributed by atoms with E-state index in [1.165, 1.54) is 44.9 Å². The zero-order valence-corrected chi connectivity index (χ0v) is 15.4. The van der Waals surface area contributed by atoms with Crippen molar-refractivity contribution in [3.8, 4) is 5.75 Å². The Bertz CT molecular complexity index is 382. The lowest BCUT2D eigenvalue weighted by Crippen LogP contribution is -2.50. The summed E-state index contributed by atoms with van der Waals surface area (Å²) in [6.45, 7) is 7.74. The molecule has 132 valence electrons. The van der Waals surface area contributed by atoms with Gasteiger partial charge in [0.25, 0.3) is 0 Å². The lowest BCUT2D eigenvalue weighted by Gasteiger charge is -2.31. The van der Waals surface area contributed by atoms with Crippen LogP contribution in [0.1, 0.15) is 58.8 Å². The first-order valence-corrected chi connectivity index (χ1v) is 9.37. The van der Waals surface area contributed by atoms with Crippen molar-refractivity contribution in [2.75, 3.05) is 33.4 Å². The summed E-state index contributed by atoms with van der Waals surface area (Å²) < 4.78 is 6.14. The van der Waals surface area contributed by atoms with Gasteiger partial charge in [0.05, 0.1) is 6.61 Å². The van der Waals surface area contributed by atoms with Crippen molar-refractivity contribution in [1.29, 1.82) is 0 Å². The summed E-state index contributed by atoms with van der Waals surface area (Å²) in [6, 6.07) is 10.1. The number of para-hydroxylation sites is 1. The highest BCUT2D eigenvalue weighted by Crippen LogP contribution is 2.17. The minimum atomic E-state index is 0.596. The van der Waals surface area contributed by atoms with Crippen LogP contribution in [0, 0.1) is 0 Å². The Hall–Kier alpha value is -1.06. The molecule has 0 spiro atoms. The van der Waals surface area contributed by atoms with Crippen LogP contribution in [0.15, 0.2) is 30.3 Å². The Kier molecular flexibility index (Phi) is 10.8. The Balaban J connectivity index is 2.38. The maximum Gasteiger partial charge on any atom is 0.190 e. The zero-order chi connectivity index (χ0) is 16.8. The second kappa shape index (κ2) is 12.4. The average Bonchev–Trinajstić information content (AvgIpc) is 2.55. The van der Waals surface area contributed by atoms with Crippen molar-refractivity contribution < 1.29 is 14.2 Å². The number of likely N-dealkylation sites (N-methyl/N-ethyl adjacent to an activating group) is 1. The predicted octanol–water partition coefficient (Wildman–Crippen LogP) is 5.21. The van der Waals surface area contributed by atoms with E-state index in [0.717, 1.165) is 32.1 Å². The molecule has 0 aliphatic carbocycles. The number of hydroxylamine groups is 3. The number of nitrogens with zero attached hydrogens (tertiary/aromatic N) is 1. The molecule has 1 unspecified atom stereocenters. The Morgan fingerprint density at radius 1 is 0.826 bits per heavy atom. The van der Waals surface area contributed by atoms with E-state index in [9.17, 15) is 0 Å². The van der Waals surface area contributed by atoms with Gasteiger partial charge in [0.15, 0.2) is 5.75 Å². The number of unbranched alkanes of at least 4 members (excludes halogenated alkanes) is 6. The third-order valence-electron chi connectivity index (χ3n) is 4.22. The normalized spacial score (nSPS) is 13.7. The smallest absolute Gasteiger partial charge is 0.190 e. The molecule has 0 aliphatic heterocycles. The van der Waals surface area contributed by atoms with Gasteiger partial charge in [0, 0.05) is 13.0 Å². The van der Waals surface area contributed by atoms with E-state index in [1.54, 1.807) is 0 Å². The molecule has 0 bridgehead atoms. The highest BCUT2D eigenvalue weighted by atomic mass is 16.7. The topological polar surface area (TPSA) is 18.5 Å². The van der Waals surface area contributed by atoms with Crippen LogP contribution in [0.3, 0.4) is 0 Å². The van der Waals surface area contributed by atoms with Crippen LogP contribution in [-0.4, -0.2) is 38.0 Å². The van der Waals surface area contributed by atoms with Crippen molar-refractivity contribution in [3.05, 3.63) is 30.3 Å². The van der Waals surface area contributed by atoms with Gasteiger partial charge in [0.2, 0.25) is 0 Å². The molecule has 0 heterocycles. The first-order chi connectivity index (χ1) is 11.2. The van der Waals surface area contributed by atoms with Gasteiger partial charge in [0.1, 0.15) is 20.1 Å². The molecule has 0 aliphatic rings. The van der Waals surface area contributed by atoms with E-state index in [2.05, 4.69) is 14.0 Å². The van der Waals surface area contributed by atoms with Gasteiger partial charge in [-0.2, -0.15) is 0 Å². The molecule has 0 saturated carbocycles. The van der Waals surface area contributed by atoms with Gasteiger partial charge in [-0.3, -0.25) is 0 Å². The van der Waals surface area contributed by atoms with Crippen LogP contribution >= 0.6 is 0 Å². The van der Waals surface area contributed by atoms with Crippen LogP contribution in [0.4, 0.5) is 0 Å². The number of benzene rings is 1. The molecule has 0 amide bonds. The number of hydrogen-bond acceptors (Lipinski definition) is 2. The zero-order valence-electron chi connectivity index (χ0n) is 15.4. The summed E-state index contributed by atoms with van der Waals surface area (Å²) in [5, 5.41) is 0. The summed E-state index contributed by atoms with van der Waals surface area (Å²) in [5.41, 5.74) is 0. The molecule has 0 saturated heterocycles. The van der Waals surface area contributed by atoms with E-state index in [-0.39, 0.29) is 0 Å². The minimum absolute atomic E-state index is 0.596. The Morgan fingerprint density at radius 2 is 1.48 bits per heavy atom. The SMILES string of the molecule is CCCCCCCCC[N+](C)(CCOCC)Oc1ccccc1. The van der Waals surface area contributed by atoms with Crippen molar-refractivity contribution in [2.45, 2.75) is 58.8 Å². The minimum Gasteiger partial charge on any atom is -0.376 e. The third-order valence-corrected chi connectivity index (χ3v) is 4.22. The van der Waals surface area contributed by atoms with Crippen molar-refractivity contribution in [1.82, 2.24) is 0 Å². The molecular formula is C20H36NO2+. The fraction of sp³-hybridized carbons (Fsp3) is 0.700. The van der Waals surface area contributed by atoms with E-state index in [0.29, 0.717) is 4.65 Å². The molecule has 1 aromatic rings. The number of ether oxygens (including phenoxy) is 1. The van der Waals surface area contributed by atoms with E-state index in [1.807, 2.05) is 37.3 Å². The van der Waals surface area contributed by atoms with E-state index < -0.39 is 0 Å². The molecule has 0 aromatic heterocycles. The second-order valence-electron chi connectivity index (χ2n) is 6.47. The van der Waals surface area contributed by atoms with Crippen molar-refractivity contribution in [2.24, 2.45) is 0 Å².